The number of methoxy groups -OCH3 is 1. The Kier molecular flexibility index (Phi) is 7.66. The van der Waals surface area contributed by atoms with Gasteiger partial charge in [0.15, 0.2) is 0 Å². The molecule has 1 fully saturated rings. The number of carbonyl (C=O) groups excluding carboxylic acids is 2. The normalized spacial score (nSPS) is 15.3. The van der Waals surface area contributed by atoms with Crippen molar-refractivity contribution in [1.29, 1.82) is 0 Å². The molecular weight excluding hydrogens is 412 g/mol. The molecule has 2 heterocycles. The summed E-state index contributed by atoms with van der Waals surface area (Å²) < 4.78 is 10.5. The molecule has 0 radical (unpaired) electrons. The number of hydrogen-bond donors (Lipinski definition) is 1. The van der Waals surface area contributed by atoms with Crippen LogP contribution >= 0.6 is 22.9 Å². The molecule has 1 aliphatic rings. The third kappa shape index (κ3) is 5.79. The highest BCUT2D eigenvalue weighted by Gasteiger charge is 2.23. The third-order valence-corrected chi connectivity index (χ3v) is 6.25. The minimum absolute atomic E-state index is 0.146. The van der Waals surface area contributed by atoms with Gasteiger partial charge in [-0.2, -0.15) is 0 Å². The van der Waals surface area contributed by atoms with Gasteiger partial charge in [-0.15, -0.1) is 11.3 Å². The van der Waals surface area contributed by atoms with Crippen molar-refractivity contribution in [3.05, 3.63) is 40.2 Å². The monoisotopic (exact) mass is 436 g/mol. The lowest BCUT2D eigenvalue weighted by Crippen LogP contribution is -2.41. The molecule has 0 unspecified atom stereocenters. The number of nitrogens with zero attached hydrogens (tertiary/aromatic N) is 1. The van der Waals surface area contributed by atoms with Gasteiger partial charge < -0.3 is 14.8 Å². The van der Waals surface area contributed by atoms with E-state index in [-0.39, 0.29) is 25.2 Å². The summed E-state index contributed by atoms with van der Waals surface area (Å²) in [6, 6.07) is 9.17. The molecule has 1 saturated heterocycles. The molecule has 0 bridgehead atoms. The summed E-state index contributed by atoms with van der Waals surface area (Å²) in [6.45, 7) is 3.94. The zero-order chi connectivity index (χ0) is 20.8. The molecule has 8 heteroatoms. The largest absolute Gasteiger partial charge is 0.462 e. The van der Waals surface area contributed by atoms with Gasteiger partial charge in [0.2, 0.25) is 5.91 Å². The maximum Gasteiger partial charge on any atom is 0.350 e. The lowest BCUT2D eigenvalue weighted by Gasteiger charge is -2.30. The summed E-state index contributed by atoms with van der Waals surface area (Å²) in [4.78, 5) is 28.4. The van der Waals surface area contributed by atoms with Crippen molar-refractivity contribution in [2.45, 2.75) is 25.9 Å². The second kappa shape index (κ2) is 10.2. The number of halogens is 1. The Morgan fingerprint density at radius 1 is 1.24 bits per heavy atom. The van der Waals surface area contributed by atoms with Crippen molar-refractivity contribution < 1.29 is 19.1 Å². The minimum atomic E-state index is -0.436. The van der Waals surface area contributed by atoms with E-state index in [0.717, 1.165) is 36.4 Å². The van der Waals surface area contributed by atoms with Crippen LogP contribution in [0.5, 0.6) is 0 Å². The standard InChI is InChI=1S/C21H25ClN2O4S/c1-3-28-21(26)20-17(12-18(29-20)14-4-6-15(22)7-5-14)23-19(25)13-24-10-8-16(27-2)9-11-24/h4-7,12,16H,3,8-11,13H2,1-2H3,(H,23,25). The van der Waals surface area contributed by atoms with E-state index >= 15 is 0 Å². The number of carbonyl (C=O) groups is 2. The van der Waals surface area contributed by atoms with E-state index in [9.17, 15) is 9.59 Å². The summed E-state index contributed by atoms with van der Waals surface area (Å²) in [6.07, 6.45) is 2.09. The van der Waals surface area contributed by atoms with Crippen molar-refractivity contribution >= 4 is 40.5 Å². The Labute approximate surface area is 179 Å². The first kappa shape index (κ1) is 21.8. The number of ether oxygens (including phenoxy) is 2. The Bertz CT molecular complexity index is 845. The number of thiophene rings is 1. The van der Waals surface area contributed by atoms with Crippen molar-refractivity contribution in [1.82, 2.24) is 4.90 Å². The van der Waals surface area contributed by atoms with Crippen LogP contribution in [0.3, 0.4) is 0 Å². The molecule has 1 amide bonds. The summed E-state index contributed by atoms with van der Waals surface area (Å²) in [5.41, 5.74) is 1.40. The number of likely N-dealkylation sites (tertiary alicyclic amines) is 1. The molecule has 0 atom stereocenters. The molecule has 29 heavy (non-hydrogen) atoms. The van der Waals surface area contributed by atoms with Crippen molar-refractivity contribution in [2.75, 3.05) is 38.7 Å². The average molecular weight is 437 g/mol. The maximum atomic E-state index is 12.6. The summed E-state index contributed by atoms with van der Waals surface area (Å²) >= 11 is 7.26. The van der Waals surface area contributed by atoms with Crippen LogP contribution in [0.2, 0.25) is 5.02 Å². The Morgan fingerprint density at radius 2 is 1.93 bits per heavy atom. The molecule has 0 aliphatic carbocycles. The predicted octanol–water partition coefficient (Wildman–Crippen LogP) is 4.29. The summed E-state index contributed by atoms with van der Waals surface area (Å²) in [5.74, 6) is -0.583. The first-order chi connectivity index (χ1) is 14.0. The zero-order valence-corrected chi connectivity index (χ0v) is 18.1. The van der Waals surface area contributed by atoms with E-state index in [0.29, 0.717) is 15.6 Å². The van der Waals surface area contributed by atoms with Crippen LogP contribution in [0.1, 0.15) is 29.4 Å². The van der Waals surface area contributed by atoms with E-state index in [2.05, 4.69) is 10.2 Å². The highest BCUT2D eigenvalue weighted by molar-refractivity contribution is 7.18. The van der Waals surface area contributed by atoms with Crippen LogP contribution in [-0.4, -0.2) is 56.2 Å². The fraction of sp³-hybridized carbons (Fsp3) is 0.429. The van der Waals surface area contributed by atoms with E-state index < -0.39 is 5.97 Å². The second-order valence-corrected chi connectivity index (χ2v) is 8.33. The van der Waals surface area contributed by atoms with E-state index in [1.807, 2.05) is 18.2 Å². The fourth-order valence-corrected chi connectivity index (χ4v) is 4.42. The first-order valence-corrected chi connectivity index (χ1v) is 10.8. The SMILES string of the molecule is CCOC(=O)c1sc(-c2ccc(Cl)cc2)cc1NC(=O)CN1CCC(OC)CC1. The van der Waals surface area contributed by atoms with Crippen LogP contribution < -0.4 is 5.32 Å². The van der Waals surface area contributed by atoms with Crippen LogP contribution in [0.15, 0.2) is 30.3 Å². The number of hydrogen-bond acceptors (Lipinski definition) is 6. The second-order valence-electron chi connectivity index (χ2n) is 6.84. The van der Waals surface area contributed by atoms with Crippen molar-refractivity contribution in [2.24, 2.45) is 0 Å². The zero-order valence-electron chi connectivity index (χ0n) is 16.6. The Balaban J connectivity index is 1.73. The van der Waals surface area contributed by atoms with Gasteiger partial charge in [-0.3, -0.25) is 9.69 Å². The topological polar surface area (TPSA) is 67.9 Å². The van der Waals surface area contributed by atoms with Crippen LogP contribution in [0, 0.1) is 0 Å². The molecule has 1 aliphatic heterocycles. The molecule has 1 aromatic heterocycles. The number of benzene rings is 1. The van der Waals surface area contributed by atoms with Crippen molar-refractivity contribution in [3.8, 4) is 10.4 Å². The van der Waals surface area contributed by atoms with Gasteiger partial charge in [-0.25, -0.2) is 4.79 Å². The van der Waals surface area contributed by atoms with Gasteiger partial charge in [-0.05, 0) is 43.5 Å². The van der Waals surface area contributed by atoms with Crippen LogP contribution in [0.4, 0.5) is 5.69 Å². The minimum Gasteiger partial charge on any atom is -0.462 e. The molecule has 1 N–H and O–H groups in total. The van der Waals surface area contributed by atoms with Crippen molar-refractivity contribution in [3.63, 3.8) is 0 Å². The predicted molar refractivity (Wildman–Crippen MR) is 116 cm³/mol. The number of piperidine rings is 1. The average Bonchev–Trinajstić information content (AvgIpc) is 3.13. The van der Waals surface area contributed by atoms with E-state index in [1.54, 1.807) is 26.2 Å². The molecule has 2 aromatic rings. The fourth-order valence-electron chi connectivity index (χ4n) is 3.28. The quantitative estimate of drug-likeness (QED) is 0.655. The summed E-state index contributed by atoms with van der Waals surface area (Å²) in [7, 11) is 1.72. The molecule has 3 rings (SSSR count). The smallest absolute Gasteiger partial charge is 0.350 e. The molecule has 156 valence electrons. The molecule has 0 spiro atoms. The van der Waals surface area contributed by atoms with E-state index in [4.69, 9.17) is 21.1 Å². The van der Waals surface area contributed by atoms with Gasteiger partial charge in [0.25, 0.3) is 0 Å². The Morgan fingerprint density at radius 3 is 2.55 bits per heavy atom. The number of nitrogens with one attached hydrogen (secondary N) is 1. The number of rotatable bonds is 7. The number of anilines is 1. The number of esters is 1. The molecule has 0 saturated carbocycles. The molecule has 6 nitrogen and oxygen atoms in total. The third-order valence-electron chi connectivity index (χ3n) is 4.83. The highest BCUT2D eigenvalue weighted by atomic mass is 35.5. The molecular formula is C21H25ClN2O4S. The van der Waals surface area contributed by atoms with Crippen LogP contribution in [-0.2, 0) is 14.3 Å². The van der Waals surface area contributed by atoms with E-state index in [1.165, 1.54) is 11.3 Å². The highest BCUT2D eigenvalue weighted by Crippen LogP contribution is 2.36. The van der Waals surface area contributed by atoms with Gasteiger partial charge in [0, 0.05) is 30.1 Å². The summed E-state index contributed by atoms with van der Waals surface area (Å²) in [5, 5.41) is 3.54. The number of amides is 1. The van der Waals surface area contributed by atoms with Gasteiger partial charge in [0.1, 0.15) is 4.88 Å². The lowest BCUT2D eigenvalue weighted by molar-refractivity contribution is -0.117. The Hall–Kier alpha value is -1.93. The first-order valence-electron chi connectivity index (χ1n) is 9.62. The van der Waals surface area contributed by atoms with Gasteiger partial charge >= 0.3 is 5.97 Å². The van der Waals surface area contributed by atoms with Crippen LogP contribution in [0.25, 0.3) is 10.4 Å². The maximum absolute atomic E-state index is 12.6. The van der Waals surface area contributed by atoms with Gasteiger partial charge in [0.05, 0.1) is 24.9 Å². The lowest BCUT2D eigenvalue weighted by atomic mass is 10.1. The molecule has 1 aromatic carbocycles. The van der Waals surface area contributed by atoms with Gasteiger partial charge in [-0.1, -0.05) is 23.7 Å².